The van der Waals surface area contributed by atoms with Gasteiger partial charge in [0.05, 0.1) is 17.8 Å². The average molecular weight is 501 g/mol. The first kappa shape index (κ1) is 23.7. The molecular weight excluding hydrogens is 472 g/mol. The number of carbonyl (C=O) groups excluding carboxylic acids is 1. The van der Waals surface area contributed by atoms with Crippen LogP contribution in [-0.4, -0.2) is 47.0 Å². The Morgan fingerprint density at radius 1 is 1.08 bits per heavy atom. The summed E-state index contributed by atoms with van der Waals surface area (Å²) in [5, 5.41) is 15.0. The summed E-state index contributed by atoms with van der Waals surface area (Å²) in [5.41, 5.74) is 6.01. The summed E-state index contributed by atoms with van der Waals surface area (Å²) in [7, 11) is 0. The Hall–Kier alpha value is -4.05. The van der Waals surface area contributed by atoms with Crippen LogP contribution in [0.3, 0.4) is 0 Å². The van der Waals surface area contributed by atoms with Gasteiger partial charge >= 0.3 is 0 Å². The van der Waals surface area contributed by atoms with Crippen molar-refractivity contribution in [3.8, 4) is 0 Å². The Bertz CT molecular complexity index is 1370. The molecule has 184 valence electrons. The molecule has 5 rings (SSSR count). The second-order valence-electron chi connectivity index (χ2n) is 8.96. The molecule has 1 amide bonds. The summed E-state index contributed by atoms with van der Waals surface area (Å²) in [6.45, 7) is 6.60. The van der Waals surface area contributed by atoms with Gasteiger partial charge in [-0.15, -0.1) is 10.2 Å². The Morgan fingerprint density at radius 3 is 2.53 bits per heavy atom. The number of benzene rings is 1. The standard InChI is InChI=1S/C26H28N8OS/c1-17-7-9-20(10-8-17)30-23(35)11-13-33-25(24(31-26(33)36)22-6-4-5-12-27-22)21-14-18(2)34(19(21)3)32-15-28-29-16-32/h4-10,12,14-16,24-25H,11,13H2,1-3H3,(H,30,35)(H,31,36)/t24-,25+/m0/s1. The zero-order chi connectivity index (χ0) is 25.2. The second kappa shape index (κ2) is 9.90. The number of hydrogen-bond acceptors (Lipinski definition) is 5. The molecule has 0 saturated carbocycles. The maximum absolute atomic E-state index is 12.8. The minimum absolute atomic E-state index is 0.0587. The van der Waals surface area contributed by atoms with Crippen LogP contribution in [0, 0.1) is 20.8 Å². The lowest BCUT2D eigenvalue weighted by molar-refractivity contribution is -0.116. The number of nitrogens with one attached hydrogen (secondary N) is 2. The average Bonchev–Trinajstić information content (AvgIpc) is 3.58. The van der Waals surface area contributed by atoms with Crippen LogP contribution in [0.4, 0.5) is 5.69 Å². The van der Waals surface area contributed by atoms with Gasteiger partial charge in [-0.25, -0.2) is 4.68 Å². The monoisotopic (exact) mass is 500 g/mol. The molecule has 0 radical (unpaired) electrons. The summed E-state index contributed by atoms with van der Waals surface area (Å²) in [6.07, 6.45) is 5.43. The number of rotatable bonds is 7. The van der Waals surface area contributed by atoms with Crippen molar-refractivity contribution in [1.29, 1.82) is 0 Å². The zero-order valence-corrected chi connectivity index (χ0v) is 21.2. The fraction of sp³-hybridized carbons (Fsp3) is 0.269. The van der Waals surface area contributed by atoms with Crippen LogP contribution >= 0.6 is 12.2 Å². The van der Waals surface area contributed by atoms with E-state index >= 15 is 0 Å². The summed E-state index contributed by atoms with van der Waals surface area (Å²) in [4.78, 5) is 19.5. The van der Waals surface area contributed by atoms with Gasteiger partial charge in [-0.1, -0.05) is 23.8 Å². The van der Waals surface area contributed by atoms with Crippen LogP contribution in [0.1, 0.15) is 46.7 Å². The molecule has 1 aliphatic heterocycles. The van der Waals surface area contributed by atoms with Crippen molar-refractivity contribution < 1.29 is 4.79 Å². The second-order valence-corrected chi connectivity index (χ2v) is 9.35. The van der Waals surface area contributed by atoms with Crippen LogP contribution in [-0.2, 0) is 4.79 Å². The molecule has 0 unspecified atom stereocenters. The van der Waals surface area contributed by atoms with Gasteiger partial charge in [0, 0.05) is 41.8 Å². The van der Waals surface area contributed by atoms with E-state index in [1.165, 1.54) is 0 Å². The number of carbonyl (C=O) groups is 1. The third-order valence-electron chi connectivity index (χ3n) is 6.50. The van der Waals surface area contributed by atoms with Crippen LogP contribution in [0.2, 0.25) is 0 Å². The Kier molecular flexibility index (Phi) is 6.51. The van der Waals surface area contributed by atoms with E-state index in [1.807, 2.05) is 61.0 Å². The van der Waals surface area contributed by atoms with E-state index in [1.54, 1.807) is 18.9 Å². The van der Waals surface area contributed by atoms with E-state index in [-0.39, 0.29) is 18.0 Å². The number of hydrogen-bond donors (Lipinski definition) is 2. The summed E-state index contributed by atoms with van der Waals surface area (Å²) in [5.74, 6) is -0.0587. The lowest BCUT2D eigenvalue weighted by atomic mass is 9.96. The lowest BCUT2D eigenvalue weighted by Crippen LogP contribution is -2.33. The summed E-state index contributed by atoms with van der Waals surface area (Å²) >= 11 is 5.78. The third kappa shape index (κ3) is 4.59. The topological polar surface area (TPSA) is 92.9 Å². The van der Waals surface area contributed by atoms with Gasteiger partial charge in [-0.3, -0.25) is 14.5 Å². The van der Waals surface area contributed by atoms with Gasteiger partial charge in [-0.05, 0) is 63.3 Å². The molecule has 2 N–H and O–H groups in total. The number of aromatic nitrogens is 5. The molecule has 9 nitrogen and oxygen atoms in total. The molecule has 0 bridgehead atoms. The summed E-state index contributed by atoms with van der Waals surface area (Å²) < 4.78 is 3.92. The van der Waals surface area contributed by atoms with Crippen molar-refractivity contribution >= 4 is 28.9 Å². The number of thiocarbonyl (C=S) groups is 1. The predicted octanol–water partition coefficient (Wildman–Crippen LogP) is 3.71. The highest BCUT2D eigenvalue weighted by molar-refractivity contribution is 7.80. The molecule has 0 aliphatic carbocycles. The highest BCUT2D eigenvalue weighted by Crippen LogP contribution is 2.40. The van der Waals surface area contributed by atoms with Crippen molar-refractivity contribution in [2.75, 3.05) is 11.9 Å². The number of nitrogens with zero attached hydrogens (tertiary/aromatic N) is 6. The molecule has 2 atom stereocenters. The largest absolute Gasteiger partial charge is 0.352 e. The quantitative estimate of drug-likeness (QED) is 0.374. The molecule has 4 aromatic rings. The van der Waals surface area contributed by atoms with Crippen LogP contribution in [0.5, 0.6) is 0 Å². The third-order valence-corrected chi connectivity index (χ3v) is 6.86. The summed E-state index contributed by atoms with van der Waals surface area (Å²) in [6, 6.07) is 15.5. The highest BCUT2D eigenvalue weighted by Gasteiger charge is 2.41. The van der Waals surface area contributed by atoms with Crippen molar-refractivity contribution in [3.05, 3.63) is 95.6 Å². The number of pyridine rings is 1. The fourth-order valence-corrected chi connectivity index (χ4v) is 5.13. The van der Waals surface area contributed by atoms with Gasteiger partial charge < -0.3 is 15.5 Å². The van der Waals surface area contributed by atoms with Gasteiger partial charge in [0.15, 0.2) is 5.11 Å². The molecule has 1 aliphatic rings. The van der Waals surface area contributed by atoms with Crippen LogP contribution in [0.25, 0.3) is 0 Å². The predicted molar refractivity (Wildman–Crippen MR) is 141 cm³/mol. The lowest BCUT2D eigenvalue weighted by Gasteiger charge is -2.28. The molecule has 1 fully saturated rings. The van der Waals surface area contributed by atoms with Gasteiger partial charge in [0.1, 0.15) is 12.7 Å². The maximum atomic E-state index is 12.8. The fourth-order valence-electron chi connectivity index (χ4n) is 4.80. The van der Waals surface area contributed by atoms with Gasteiger partial charge in [-0.2, -0.15) is 0 Å². The van der Waals surface area contributed by atoms with Crippen molar-refractivity contribution in [1.82, 2.24) is 34.8 Å². The minimum Gasteiger partial charge on any atom is -0.352 e. The van der Waals surface area contributed by atoms with Crippen molar-refractivity contribution in [3.63, 3.8) is 0 Å². The number of aryl methyl sites for hydroxylation is 2. The van der Waals surface area contributed by atoms with Crippen LogP contribution in [0.15, 0.2) is 67.4 Å². The van der Waals surface area contributed by atoms with E-state index < -0.39 is 0 Å². The van der Waals surface area contributed by atoms with Crippen molar-refractivity contribution in [2.24, 2.45) is 0 Å². The maximum Gasteiger partial charge on any atom is 0.226 e. The number of anilines is 1. The molecule has 0 spiro atoms. The van der Waals surface area contributed by atoms with E-state index in [9.17, 15) is 4.79 Å². The Labute approximate surface area is 215 Å². The van der Waals surface area contributed by atoms with E-state index in [0.29, 0.717) is 18.1 Å². The first-order valence-corrected chi connectivity index (χ1v) is 12.2. The molecular formula is C26H28N8OS. The Balaban J connectivity index is 1.44. The normalized spacial score (nSPS) is 17.3. The van der Waals surface area contributed by atoms with E-state index in [2.05, 4.69) is 48.4 Å². The highest BCUT2D eigenvalue weighted by atomic mass is 32.1. The Morgan fingerprint density at radius 2 is 1.83 bits per heavy atom. The van der Waals surface area contributed by atoms with E-state index in [4.69, 9.17) is 12.2 Å². The molecule has 3 aromatic heterocycles. The molecule has 10 heteroatoms. The molecule has 1 saturated heterocycles. The first-order valence-electron chi connectivity index (χ1n) is 11.8. The van der Waals surface area contributed by atoms with Crippen LogP contribution < -0.4 is 10.6 Å². The molecule has 36 heavy (non-hydrogen) atoms. The smallest absolute Gasteiger partial charge is 0.226 e. The number of amides is 1. The van der Waals surface area contributed by atoms with Crippen molar-refractivity contribution in [2.45, 2.75) is 39.3 Å². The first-order chi connectivity index (χ1) is 17.4. The van der Waals surface area contributed by atoms with Gasteiger partial charge in [0.25, 0.3) is 0 Å². The molecule has 1 aromatic carbocycles. The zero-order valence-electron chi connectivity index (χ0n) is 20.4. The van der Waals surface area contributed by atoms with Gasteiger partial charge in [0.2, 0.25) is 5.91 Å². The minimum atomic E-state index is -0.159. The van der Waals surface area contributed by atoms with E-state index in [0.717, 1.165) is 33.9 Å². The molecule has 4 heterocycles. The SMILES string of the molecule is Cc1ccc(NC(=O)CCN2C(=S)N[C@@H](c3ccccn3)[C@H]2c2cc(C)n(-n3cnnc3)c2C)cc1.